The first-order valence-electron chi connectivity index (χ1n) is 4.83. The van der Waals surface area contributed by atoms with Crippen LogP contribution in [0.3, 0.4) is 0 Å². The summed E-state index contributed by atoms with van der Waals surface area (Å²) in [6.45, 7) is 2.48. The van der Waals surface area contributed by atoms with Crippen LogP contribution in [0.1, 0.15) is 11.3 Å². The number of amides is 1. The Bertz CT molecular complexity index is 478. The van der Waals surface area contributed by atoms with E-state index in [4.69, 9.17) is 0 Å². The maximum absolute atomic E-state index is 10.1. The lowest BCUT2D eigenvalue weighted by molar-refractivity contribution is -0.109. The van der Waals surface area contributed by atoms with Gasteiger partial charge in [-0.05, 0) is 18.6 Å². The van der Waals surface area contributed by atoms with Crippen LogP contribution in [0.2, 0.25) is 0 Å². The summed E-state index contributed by atoms with van der Waals surface area (Å²) in [6.07, 6.45) is 2.45. The molecule has 0 spiro atoms. The van der Waals surface area contributed by atoms with Gasteiger partial charge in [-0.1, -0.05) is 6.07 Å². The Morgan fingerprint density at radius 1 is 1.44 bits per heavy atom. The van der Waals surface area contributed by atoms with Crippen LogP contribution < -0.4 is 5.32 Å². The van der Waals surface area contributed by atoms with Crippen LogP contribution in [-0.2, 0) is 11.3 Å². The predicted octanol–water partition coefficient (Wildman–Crippen LogP) is 1.76. The van der Waals surface area contributed by atoms with Crippen LogP contribution in [0.15, 0.2) is 23.8 Å². The molecule has 16 heavy (non-hydrogen) atoms. The monoisotopic (exact) mass is 233 g/mol. The number of aryl methyl sites for hydroxylation is 1. The molecule has 1 amide bonds. The number of nitrogens with one attached hydrogen (secondary N) is 1. The molecule has 82 valence electrons. The zero-order chi connectivity index (χ0) is 11.4. The van der Waals surface area contributed by atoms with E-state index in [2.05, 4.69) is 15.3 Å². The quantitative estimate of drug-likeness (QED) is 0.819. The molecule has 0 unspecified atom stereocenters. The normalized spacial score (nSPS) is 10.1. The third-order valence-electron chi connectivity index (χ3n) is 2.19. The van der Waals surface area contributed by atoms with Gasteiger partial charge in [0.2, 0.25) is 6.41 Å². The molecule has 2 rings (SSSR count). The maximum atomic E-state index is 10.1. The van der Waals surface area contributed by atoms with Gasteiger partial charge in [0.05, 0.1) is 21.8 Å². The van der Waals surface area contributed by atoms with E-state index in [0.29, 0.717) is 13.0 Å². The van der Waals surface area contributed by atoms with E-state index < -0.39 is 0 Å². The highest BCUT2D eigenvalue weighted by Crippen LogP contribution is 2.24. The second kappa shape index (κ2) is 4.85. The van der Waals surface area contributed by atoms with Crippen molar-refractivity contribution in [3.8, 4) is 10.6 Å². The fourth-order valence-electron chi connectivity index (χ4n) is 1.37. The number of nitrogens with zero attached hydrogens (tertiary/aromatic N) is 2. The van der Waals surface area contributed by atoms with Gasteiger partial charge in [0.15, 0.2) is 0 Å². The number of aromatic nitrogens is 2. The van der Waals surface area contributed by atoms with Crippen molar-refractivity contribution in [3.63, 3.8) is 0 Å². The number of thiazole rings is 1. The smallest absolute Gasteiger partial charge is 0.207 e. The van der Waals surface area contributed by atoms with Crippen LogP contribution in [-0.4, -0.2) is 16.4 Å². The summed E-state index contributed by atoms with van der Waals surface area (Å²) in [6, 6.07) is 3.90. The molecule has 2 aromatic rings. The van der Waals surface area contributed by atoms with E-state index in [9.17, 15) is 4.79 Å². The summed E-state index contributed by atoms with van der Waals surface area (Å²) in [5.74, 6) is 0. The van der Waals surface area contributed by atoms with Gasteiger partial charge >= 0.3 is 0 Å². The molecule has 4 nitrogen and oxygen atoms in total. The standard InChI is InChI=1S/C11H11N3OS/c1-8-11(16-7-14-8)10-3-2-9(5-13-10)4-12-6-15/h2-3,5-7H,4H2,1H3,(H,12,15). The molecule has 5 heteroatoms. The van der Waals surface area contributed by atoms with Gasteiger partial charge in [-0.25, -0.2) is 4.98 Å². The first kappa shape index (κ1) is 10.8. The fraction of sp³-hybridized carbons (Fsp3) is 0.182. The van der Waals surface area contributed by atoms with E-state index in [0.717, 1.165) is 21.8 Å². The van der Waals surface area contributed by atoms with Gasteiger partial charge in [-0.2, -0.15) is 0 Å². The number of carbonyl (C=O) groups is 1. The Morgan fingerprint density at radius 3 is 2.88 bits per heavy atom. The van der Waals surface area contributed by atoms with Crippen molar-refractivity contribution in [2.45, 2.75) is 13.5 Å². The van der Waals surface area contributed by atoms with Crippen molar-refractivity contribution in [2.75, 3.05) is 0 Å². The number of pyridine rings is 1. The Hall–Kier alpha value is -1.75. The molecule has 0 aliphatic carbocycles. The van der Waals surface area contributed by atoms with Crippen molar-refractivity contribution in [3.05, 3.63) is 35.1 Å². The SMILES string of the molecule is Cc1ncsc1-c1ccc(CNC=O)cn1. The minimum Gasteiger partial charge on any atom is -0.355 e. The molecule has 0 bridgehead atoms. The Balaban J connectivity index is 2.19. The molecular formula is C11H11N3OS. The second-order valence-electron chi connectivity index (χ2n) is 3.32. The average molecular weight is 233 g/mol. The summed E-state index contributed by atoms with van der Waals surface area (Å²) in [7, 11) is 0. The molecule has 0 saturated heterocycles. The van der Waals surface area contributed by atoms with E-state index in [-0.39, 0.29) is 0 Å². The van der Waals surface area contributed by atoms with Crippen LogP contribution in [0.25, 0.3) is 10.6 Å². The first-order valence-corrected chi connectivity index (χ1v) is 5.71. The summed E-state index contributed by atoms with van der Waals surface area (Å²) < 4.78 is 0. The molecule has 2 heterocycles. The number of carbonyl (C=O) groups excluding carboxylic acids is 1. The van der Waals surface area contributed by atoms with Gasteiger partial charge in [-0.15, -0.1) is 11.3 Å². The highest BCUT2D eigenvalue weighted by atomic mass is 32.1. The van der Waals surface area contributed by atoms with Crippen LogP contribution in [0, 0.1) is 6.92 Å². The highest BCUT2D eigenvalue weighted by molar-refractivity contribution is 7.13. The molecule has 0 aliphatic heterocycles. The predicted molar refractivity (Wildman–Crippen MR) is 63.0 cm³/mol. The van der Waals surface area contributed by atoms with Crippen LogP contribution in [0.5, 0.6) is 0 Å². The summed E-state index contributed by atoms with van der Waals surface area (Å²) >= 11 is 1.58. The van der Waals surface area contributed by atoms with Gasteiger partial charge in [0, 0.05) is 12.7 Å². The lowest BCUT2D eigenvalue weighted by Gasteiger charge is -2.01. The van der Waals surface area contributed by atoms with E-state index in [1.807, 2.05) is 24.6 Å². The third kappa shape index (κ3) is 2.25. The van der Waals surface area contributed by atoms with Gasteiger partial charge in [0.1, 0.15) is 0 Å². The summed E-state index contributed by atoms with van der Waals surface area (Å²) in [4.78, 5) is 19.8. The van der Waals surface area contributed by atoms with Gasteiger partial charge in [0.25, 0.3) is 0 Å². The van der Waals surface area contributed by atoms with Crippen molar-refractivity contribution >= 4 is 17.7 Å². The highest BCUT2D eigenvalue weighted by Gasteiger charge is 2.05. The van der Waals surface area contributed by atoms with E-state index in [1.165, 1.54) is 0 Å². The van der Waals surface area contributed by atoms with Crippen molar-refractivity contribution in [2.24, 2.45) is 0 Å². The Morgan fingerprint density at radius 2 is 2.31 bits per heavy atom. The fourth-order valence-corrected chi connectivity index (χ4v) is 2.15. The zero-order valence-electron chi connectivity index (χ0n) is 8.80. The zero-order valence-corrected chi connectivity index (χ0v) is 9.62. The first-order chi connectivity index (χ1) is 7.81. The summed E-state index contributed by atoms with van der Waals surface area (Å²) in [5, 5.41) is 2.60. The molecule has 0 aliphatic rings. The molecule has 1 N–H and O–H groups in total. The second-order valence-corrected chi connectivity index (χ2v) is 4.17. The number of hydrogen-bond acceptors (Lipinski definition) is 4. The number of hydrogen-bond donors (Lipinski definition) is 1. The van der Waals surface area contributed by atoms with Crippen molar-refractivity contribution in [1.29, 1.82) is 0 Å². The summed E-state index contributed by atoms with van der Waals surface area (Å²) in [5.41, 5.74) is 4.72. The average Bonchev–Trinajstić information content (AvgIpc) is 2.74. The van der Waals surface area contributed by atoms with Crippen LogP contribution >= 0.6 is 11.3 Å². The topological polar surface area (TPSA) is 54.9 Å². The van der Waals surface area contributed by atoms with Gasteiger partial charge in [-0.3, -0.25) is 9.78 Å². The largest absolute Gasteiger partial charge is 0.355 e. The molecule has 0 aromatic carbocycles. The van der Waals surface area contributed by atoms with Crippen molar-refractivity contribution < 1.29 is 4.79 Å². The molecule has 0 atom stereocenters. The molecule has 0 saturated carbocycles. The lowest BCUT2D eigenvalue weighted by Crippen LogP contribution is -2.09. The van der Waals surface area contributed by atoms with Crippen molar-refractivity contribution in [1.82, 2.24) is 15.3 Å². The van der Waals surface area contributed by atoms with E-state index >= 15 is 0 Å². The molecule has 0 radical (unpaired) electrons. The minimum absolute atomic E-state index is 0.512. The number of rotatable bonds is 4. The molecule has 0 fully saturated rings. The Kier molecular flexibility index (Phi) is 3.26. The van der Waals surface area contributed by atoms with Gasteiger partial charge < -0.3 is 5.32 Å². The molecule has 2 aromatic heterocycles. The maximum Gasteiger partial charge on any atom is 0.207 e. The molecular weight excluding hydrogens is 222 g/mol. The van der Waals surface area contributed by atoms with Crippen LogP contribution in [0.4, 0.5) is 0 Å². The third-order valence-corrected chi connectivity index (χ3v) is 3.14. The minimum atomic E-state index is 0.512. The van der Waals surface area contributed by atoms with E-state index in [1.54, 1.807) is 17.5 Å². The lowest BCUT2D eigenvalue weighted by atomic mass is 10.2. The Labute approximate surface area is 97.4 Å².